The lowest BCUT2D eigenvalue weighted by molar-refractivity contribution is -0.122. The highest BCUT2D eigenvalue weighted by Gasteiger charge is 2.37. The molecule has 1 aliphatic heterocycles. The molecule has 0 aliphatic carbocycles. The largest absolute Gasteiger partial charge is 0.490 e. The van der Waals surface area contributed by atoms with Gasteiger partial charge in [0.2, 0.25) is 0 Å². The van der Waals surface area contributed by atoms with Gasteiger partial charge in [-0.15, -0.1) is 0 Å². The van der Waals surface area contributed by atoms with Gasteiger partial charge in [0.1, 0.15) is 5.57 Å². The molecule has 10 heteroatoms. The average Bonchev–Trinajstić information content (AvgIpc) is 2.67. The lowest BCUT2D eigenvalue weighted by atomic mass is 10.1. The van der Waals surface area contributed by atoms with Gasteiger partial charge in [-0.05, 0) is 47.9 Å². The number of carbonyl (C=O) groups excluding carboxylic acids is 3. The molecule has 1 N–H and O–H groups in total. The van der Waals surface area contributed by atoms with E-state index in [2.05, 4.69) is 5.32 Å². The number of barbiturate groups is 1. The summed E-state index contributed by atoms with van der Waals surface area (Å²) in [5.74, 6) is -1.10. The van der Waals surface area contributed by atoms with E-state index in [0.717, 1.165) is 4.90 Å². The van der Waals surface area contributed by atoms with Crippen molar-refractivity contribution in [2.24, 2.45) is 5.92 Å². The fourth-order valence-corrected chi connectivity index (χ4v) is 3.64. The van der Waals surface area contributed by atoms with E-state index in [1.54, 1.807) is 0 Å². The minimum absolute atomic E-state index is 0.151. The molecule has 2 aromatic rings. The van der Waals surface area contributed by atoms with Gasteiger partial charge in [0.15, 0.2) is 5.75 Å². The highest BCUT2D eigenvalue weighted by Crippen LogP contribution is 2.36. The molecule has 0 spiro atoms. The SMILES string of the molecule is CC(C)COc1c(Cl)cc(/C=C2\C(=O)NC(=O)N(c3ccc(Cl)c(Cl)c3)C2=O)cc1Cl. The lowest BCUT2D eigenvalue weighted by Gasteiger charge is -2.26. The Kier molecular flexibility index (Phi) is 7.17. The van der Waals surface area contributed by atoms with Gasteiger partial charge in [0, 0.05) is 0 Å². The second kappa shape index (κ2) is 9.49. The third-order valence-electron chi connectivity index (χ3n) is 4.16. The van der Waals surface area contributed by atoms with Gasteiger partial charge in [0.25, 0.3) is 11.8 Å². The zero-order chi connectivity index (χ0) is 22.9. The Hall–Kier alpha value is -2.25. The third-order valence-corrected chi connectivity index (χ3v) is 5.46. The van der Waals surface area contributed by atoms with Crippen molar-refractivity contribution >= 4 is 76.0 Å². The predicted octanol–water partition coefficient (Wildman–Crippen LogP) is 6.00. The highest BCUT2D eigenvalue weighted by atomic mass is 35.5. The van der Waals surface area contributed by atoms with Crippen molar-refractivity contribution in [1.29, 1.82) is 0 Å². The van der Waals surface area contributed by atoms with Crippen LogP contribution in [0.3, 0.4) is 0 Å². The maximum atomic E-state index is 13.0. The third kappa shape index (κ3) is 5.15. The molecule has 31 heavy (non-hydrogen) atoms. The number of urea groups is 1. The Bertz CT molecular complexity index is 1090. The van der Waals surface area contributed by atoms with Crippen LogP contribution in [0.5, 0.6) is 5.75 Å². The van der Waals surface area contributed by atoms with Gasteiger partial charge < -0.3 is 4.74 Å². The Labute approximate surface area is 198 Å². The maximum absolute atomic E-state index is 13.0. The maximum Gasteiger partial charge on any atom is 0.335 e. The van der Waals surface area contributed by atoms with Crippen LogP contribution in [0.1, 0.15) is 19.4 Å². The first-order valence-corrected chi connectivity index (χ1v) is 10.6. The minimum atomic E-state index is -0.904. The minimum Gasteiger partial charge on any atom is -0.490 e. The number of carbonyl (C=O) groups is 3. The molecule has 0 radical (unpaired) electrons. The standard InChI is InChI=1S/C21H16Cl4N2O4/c1-10(2)9-31-18-16(24)6-11(7-17(18)25)5-13-19(28)26-21(30)27(20(13)29)12-3-4-14(22)15(23)8-12/h3-8,10H,9H2,1-2H3,(H,26,28,30)/b13-5+. The van der Waals surface area contributed by atoms with Crippen LogP contribution in [0.4, 0.5) is 10.5 Å². The van der Waals surface area contributed by atoms with Gasteiger partial charge in [-0.25, -0.2) is 9.69 Å². The Morgan fingerprint density at radius 2 is 1.61 bits per heavy atom. The van der Waals surface area contributed by atoms with E-state index in [0.29, 0.717) is 17.9 Å². The number of rotatable bonds is 5. The van der Waals surface area contributed by atoms with Crippen molar-refractivity contribution in [1.82, 2.24) is 5.32 Å². The van der Waals surface area contributed by atoms with Crippen molar-refractivity contribution in [3.63, 3.8) is 0 Å². The fourth-order valence-electron chi connectivity index (χ4n) is 2.73. The average molecular weight is 502 g/mol. The van der Waals surface area contributed by atoms with E-state index in [9.17, 15) is 14.4 Å². The summed E-state index contributed by atoms with van der Waals surface area (Å²) < 4.78 is 5.62. The number of imide groups is 2. The van der Waals surface area contributed by atoms with E-state index in [4.69, 9.17) is 51.1 Å². The summed E-state index contributed by atoms with van der Waals surface area (Å²) in [5, 5.41) is 2.98. The van der Waals surface area contributed by atoms with Gasteiger partial charge in [-0.1, -0.05) is 60.3 Å². The molecule has 0 unspecified atom stereocenters. The van der Waals surface area contributed by atoms with E-state index < -0.39 is 17.8 Å². The molecular formula is C21H16Cl4N2O4. The number of anilines is 1. The van der Waals surface area contributed by atoms with Crippen LogP contribution >= 0.6 is 46.4 Å². The second-order valence-corrected chi connectivity index (χ2v) is 8.70. The number of halogens is 4. The van der Waals surface area contributed by atoms with Crippen molar-refractivity contribution in [2.45, 2.75) is 13.8 Å². The number of hydrogen-bond acceptors (Lipinski definition) is 4. The molecule has 6 nitrogen and oxygen atoms in total. The first-order chi connectivity index (χ1) is 14.6. The molecular weight excluding hydrogens is 486 g/mol. The molecule has 3 rings (SSSR count). The van der Waals surface area contributed by atoms with Crippen molar-refractivity contribution in [3.05, 3.63) is 61.6 Å². The van der Waals surface area contributed by atoms with Gasteiger partial charge in [-0.2, -0.15) is 0 Å². The van der Waals surface area contributed by atoms with Gasteiger partial charge in [-0.3, -0.25) is 14.9 Å². The molecule has 1 aliphatic rings. The number of nitrogens with one attached hydrogen (secondary N) is 1. The number of benzene rings is 2. The lowest BCUT2D eigenvalue weighted by Crippen LogP contribution is -2.54. The summed E-state index contributed by atoms with van der Waals surface area (Å²) >= 11 is 24.4. The molecule has 0 bridgehead atoms. The molecule has 1 saturated heterocycles. The molecule has 0 saturated carbocycles. The quantitative estimate of drug-likeness (QED) is 0.402. The van der Waals surface area contributed by atoms with Gasteiger partial charge in [0.05, 0.1) is 32.4 Å². The summed E-state index contributed by atoms with van der Waals surface area (Å²) in [7, 11) is 0. The molecule has 0 atom stereocenters. The van der Waals surface area contributed by atoms with Crippen LogP contribution in [-0.2, 0) is 9.59 Å². The topological polar surface area (TPSA) is 75.7 Å². The van der Waals surface area contributed by atoms with Crippen LogP contribution in [0, 0.1) is 5.92 Å². The molecule has 4 amide bonds. The number of ether oxygens (including phenoxy) is 1. The normalized spacial score (nSPS) is 15.6. The first-order valence-electron chi connectivity index (χ1n) is 9.06. The Balaban J connectivity index is 1.97. The molecule has 0 aromatic heterocycles. The van der Waals surface area contributed by atoms with Crippen LogP contribution in [-0.4, -0.2) is 24.5 Å². The Morgan fingerprint density at radius 3 is 2.19 bits per heavy atom. The summed E-state index contributed by atoms with van der Waals surface area (Å²) in [6.07, 6.45) is 1.29. The van der Waals surface area contributed by atoms with E-state index in [1.807, 2.05) is 13.8 Å². The molecule has 1 fully saturated rings. The monoisotopic (exact) mass is 500 g/mol. The van der Waals surface area contributed by atoms with Crippen LogP contribution in [0.15, 0.2) is 35.9 Å². The summed E-state index contributed by atoms with van der Waals surface area (Å²) in [6, 6.07) is 6.35. The van der Waals surface area contributed by atoms with E-state index in [1.165, 1.54) is 36.4 Å². The van der Waals surface area contributed by atoms with Crippen LogP contribution in [0.25, 0.3) is 6.08 Å². The Morgan fingerprint density at radius 1 is 0.968 bits per heavy atom. The zero-order valence-electron chi connectivity index (χ0n) is 16.3. The predicted molar refractivity (Wildman–Crippen MR) is 122 cm³/mol. The second-order valence-electron chi connectivity index (χ2n) is 7.07. The van der Waals surface area contributed by atoms with Crippen molar-refractivity contribution < 1.29 is 19.1 Å². The molecule has 2 aromatic carbocycles. The number of nitrogens with zero attached hydrogens (tertiary/aromatic N) is 1. The molecule has 162 valence electrons. The van der Waals surface area contributed by atoms with E-state index >= 15 is 0 Å². The zero-order valence-corrected chi connectivity index (χ0v) is 19.4. The summed E-state index contributed by atoms with van der Waals surface area (Å²) in [6.45, 7) is 4.38. The summed E-state index contributed by atoms with van der Waals surface area (Å²) in [5.41, 5.74) is 0.256. The molecule has 1 heterocycles. The summed E-state index contributed by atoms with van der Waals surface area (Å²) in [4.78, 5) is 38.4. The number of amides is 4. The van der Waals surface area contributed by atoms with Crippen molar-refractivity contribution in [2.75, 3.05) is 11.5 Å². The van der Waals surface area contributed by atoms with Crippen LogP contribution < -0.4 is 15.0 Å². The first kappa shape index (κ1) is 23.4. The highest BCUT2D eigenvalue weighted by molar-refractivity contribution is 6.43. The fraction of sp³-hybridized carbons (Fsp3) is 0.190. The smallest absolute Gasteiger partial charge is 0.335 e. The van der Waals surface area contributed by atoms with Crippen LogP contribution in [0.2, 0.25) is 20.1 Å². The van der Waals surface area contributed by atoms with Crippen molar-refractivity contribution in [3.8, 4) is 5.75 Å². The van der Waals surface area contributed by atoms with Gasteiger partial charge >= 0.3 is 6.03 Å². The number of hydrogen-bond donors (Lipinski definition) is 1. The van der Waals surface area contributed by atoms with E-state index in [-0.39, 0.29) is 37.3 Å².